The van der Waals surface area contributed by atoms with E-state index >= 15 is 0 Å². The zero-order valence-electron chi connectivity index (χ0n) is 13.6. The molecule has 0 saturated heterocycles. The van der Waals surface area contributed by atoms with E-state index in [1.165, 1.54) is 0 Å². The highest BCUT2D eigenvalue weighted by atomic mass is 16.5. The molecular weight excluding hydrogens is 298 g/mol. The van der Waals surface area contributed by atoms with E-state index in [1.807, 2.05) is 6.92 Å². The van der Waals surface area contributed by atoms with E-state index in [0.717, 1.165) is 0 Å². The molecule has 0 saturated carbocycles. The van der Waals surface area contributed by atoms with Gasteiger partial charge >= 0.3 is 0 Å². The third-order valence-corrected chi connectivity index (χ3v) is 2.96. The van der Waals surface area contributed by atoms with Gasteiger partial charge < -0.3 is 20.7 Å². The molecular formula is C16H23N3O4. The normalized spacial score (nSPS) is 11.3. The molecule has 1 aromatic rings. The summed E-state index contributed by atoms with van der Waals surface area (Å²) >= 11 is 0. The highest BCUT2D eigenvalue weighted by Gasteiger charge is 2.15. The van der Waals surface area contributed by atoms with Crippen molar-refractivity contribution in [2.45, 2.75) is 26.8 Å². The average Bonchev–Trinajstić information content (AvgIpc) is 2.53. The van der Waals surface area contributed by atoms with E-state index in [2.05, 4.69) is 16.0 Å². The van der Waals surface area contributed by atoms with E-state index < -0.39 is 11.9 Å². The lowest BCUT2D eigenvalue weighted by Crippen LogP contribution is -2.47. The first kappa shape index (κ1) is 18.5. The van der Waals surface area contributed by atoms with E-state index in [4.69, 9.17) is 4.74 Å². The van der Waals surface area contributed by atoms with Crippen molar-refractivity contribution in [1.29, 1.82) is 0 Å². The van der Waals surface area contributed by atoms with Crippen LogP contribution in [0.15, 0.2) is 24.3 Å². The Morgan fingerprint density at radius 1 is 1.09 bits per heavy atom. The van der Waals surface area contributed by atoms with Crippen LogP contribution in [0.5, 0.6) is 5.75 Å². The van der Waals surface area contributed by atoms with Crippen molar-refractivity contribution in [3.05, 3.63) is 29.8 Å². The molecule has 0 aliphatic heterocycles. The van der Waals surface area contributed by atoms with Crippen molar-refractivity contribution in [3.63, 3.8) is 0 Å². The molecule has 23 heavy (non-hydrogen) atoms. The Balaban J connectivity index is 2.43. The third kappa shape index (κ3) is 6.37. The number of likely N-dealkylation sites (N-methyl/N-ethyl adjacent to an activating group) is 1. The zero-order chi connectivity index (χ0) is 17.2. The highest BCUT2D eigenvalue weighted by Crippen LogP contribution is 2.11. The van der Waals surface area contributed by atoms with Gasteiger partial charge in [-0.1, -0.05) is 0 Å². The SMILES string of the molecule is CCNC(=O)[C@@H](C)NC(=O)CNC(=O)c1ccc(OCC)cc1. The number of hydrogen-bond donors (Lipinski definition) is 3. The summed E-state index contributed by atoms with van der Waals surface area (Å²) in [5.41, 5.74) is 0.429. The number of rotatable bonds is 8. The molecule has 7 heteroatoms. The lowest BCUT2D eigenvalue weighted by molar-refractivity contribution is -0.128. The van der Waals surface area contributed by atoms with Crippen molar-refractivity contribution in [3.8, 4) is 5.75 Å². The predicted molar refractivity (Wildman–Crippen MR) is 86.2 cm³/mol. The lowest BCUT2D eigenvalue weighted by atomic mass is 10.2. The van der Waals surface area contributed by atoms with Gasteiger partial charge in [-0.2, -0.15) is 0 Å². The number of ether oxygens (including phenoxy) is 1. The second-order valence-corrected chi connectivity index (χ2v) is 4.82. The zero-order valence-corrected chi connectivity index (χ0v) is 13.6. The summed E-state index contributed by atoms with van der Waals surface area (Å²) in [7, 11) is 0. The van der Waals surface area contributed by atoms with Crippen LogP contribution in [-0.2, 0) is 9.59 Å². The van der Waals surface area contributed by atoms with Crippen molar-refractivity contribution in [2.24, 2.45) is 0 Å². The second-order valence-electron chi connectivity index (χ2n) is 4.82. The van der Waals surface area contributed by atoms with Gasteiger partial charge in [-0.25, -0.2) is 0 Å². The standard InChI is InChI=1S/C16H23N3O4/c1-4-17-15(21)11(3)19-14(20)10-18-16(22)12-6-8-13(9-7-12)23-5-2/h6-9,11H,4-5,10H2,1-3H3,(H,17,21)(H,18,22)(H,19,20)/t11-/m1/s1. The van der Waals surface area contributed by atoms with Crippen LogP contribution in [0.25, 0.3) is 0 Å². The van der Waals surface area contributed by atoms with Gasteiger partial charge in [0.15, 0.2) is 0 Å². The van der Waals surface area contributed by atoms with Gasteiger partial charge in [0.25, 0.3) is 5.91 Å². The van der Waals surface area contributed by atoms with Gasteiger partial charge in [0.1, 0.15) is 11.8 Å². The Morgan fingerprint density at radius 2 is 1.74 bits per heavy atom. The smallest absolute Gasteiger partial charge is 0.251 e. The summed E-state index contributed by atoms with van der Waals surface area (Å²) in [6, 6.07) is 5.97. The molecule has 0 aliphatic rings. The van der Waals surface area contributed by atoms with E-state index in [-0.39, 0.29) is 18.4 Å². The van der Waals surface area contributed by atoms with E-state index in [9.17, 15) is 14.4 Å². The van der Waals surface area contributed by atoms with Gasteiger partial charge in [0.05, 0.1) is 13.2 Å². The first-order valence-corrected chi connectivity index (χ1v) is 7.56. The minimum absolute atomic E-state index is 0.199. The first-order valence-electron chi connectivity index (χ1n) is 7.56. The van der Waals surface area contributed by atoms with Crippen molar-refractivity contribution >= 4 is 17.7 Å². The molecule has 7 nitrogen and oxygen atoms in total. The summed E-state index contributed by atoms with van der Waals surface area (Å²) in [4.78, 5) is 35.1. The molecule has 0 heterocycles. The molecule has 3 N–H and O–H groups in total. The van der Waals surface area contributed by atoms with Crippen LogP contribution in [0.3, 0.4) is 0 Å². The summed E-state index contributed by atoms with van der Waals surface area (Å²) in [5, 5.41) is 7.62. The molecule has 0 fully saturated rings. The van der Waals surface area contributed by atoms with Gasteiger partial charge in [0.2, 0.25) is 11.8 Å². The Labute approximate surface area is 135 Å². The number of hydrogen-bond acceptors (Lipinski definition) is 4. The molecule has 0 radical (unpaired) electrons. The molecule has 1 atom stereocenters. The average molecular weight is 321 g/mol. The molecule has 0 bridgehead atoms. The van der Waals surface area contributed by atoms with Gasteiger partial charge in [0, 0.05) is 12.1 Å². The molecule has 1 rings (SSSR count). The van der Waals surface area contributed by atoms with Gasteiger partial charge in [-0.05, 0) is 45.0 Å². The van der Waals surface area contributed by atoms with Crippen LogP contribution >= 0.6 is 0 Å². The number of nitrogens with one attached hydrogen (secondary N) is 3. The third-order valence-electron chi connectivity index (χ3n) is 2.96. The second kappa shape index (κ2) is 9.45. The molecule has 0 aromatic heterocycles. The van der Waals surface area contributed by atoms with Gasteiger partial charge in [-0.15, -0.1) is 0 Å². The van der Waals surface area contributed by atoms with E-state index in [0.29, 0.717) is 24.5 Å². The Hall–Kier alpha value is -2.57. The number of amides is 3. The maximum atomic E-state index is 11.9. The molecule has 3 amide bonds. The Bertz CT molecular complexity index is 543. The monoisotopic (exact) mass is 321 g/mol. The summed E-state index contributed by atoms with van der Waals surface area (Å²) < 4.78 is 5.29. The molecule has 0 aliphatic carbocycles. The number of carbonyl (C=O) groups is 3. The van der Waals surface area contributed by atoms with Gasteiger partial charge in [-0.3, -0.25) is 14.4 Å². The largest absolute Gasteiger partial charge is 0.494 e. The van der Waals surface area contributed by atoms with Crippen molar-refractivity contribution < 1.29 is 19.1 Å². The Kier molecular flexibility index (Phi) is 7.59. The van der Waals surface area contributed by atoms with E-state index in [1.54, 1.807) is 38.1 Å². The van der Waals surface area contributed by atoms with Crippen LogP contribution in [-0.4, -0.2) is 43.5 Å². The van der Waals surface area contributed by atoms with Crippen molar-refractivity contribution in [1.82, 2.24) is 16.0 Å². The summed E-state index contributed by atoms with van der Waals surface area (Å²) in [5.74, 6) is -0.381. The van der Waals surface area contributed by atoms with Crippen LogP contribution in [0.1, 0.15) is 31.1 Å². The van der Waals surface area contributed by atoms with Crippen LogP contribution < -0.4 is 20.7 Å². The number of benzene rings is 1. The predicted octanol–water partition coefficient (Wildman–Crippen LogP) is 0.456. The topological polar surface area (TPSA) is 96.5 Å². The summed E-state index contributed by atoms with van der Waals surface area (Å²) in [6.07, 6.45) is 0. The van der Waals surface area contributed by atoms with Crippen LogP contribution in [0, 0.1) is 0 Å². The quantitative estimate of drug-likeness (QED) is 0.648. The lowest BCUT2D eigenvalue weighted by Gasteiger charge is -2.13. The maximum Gasteiger partial charge on any atom is 0.251 e. The molecule has 126 valence electrons. The molecule has 0 spiro atoms. The number of carbonyl (C=O) groups excluding carboxylic acids is 3. The van der Waals surface area contributed by atoms with Crippen LogP contribution in [0.2, 0.25) is 0 Å². The minimum atomic E-state index is -0.648. The fraction of sp³-hybridized carbons (Fsp3) is 0.438. The first-order chi connectivity index (χ1) is 11.0. The maximum absolute atomic E-state index is 11.9. The fourth-order valence-corrected chi connectivity index (χ4v) is 1.82. The summed E-state index contributed by atoms with van der Waals surface area (Å²) in [6.45, 7) is 6.10. The minimum Gasteiger partial charge on any atom is -0.494 e. The molecule has 0 unspecified atom stereocenters. The molecule has 1 aromatic carbocycles. The highest BCUT2D eigenvalue weighted by molar-refractivity contribution is 5.97. The van der Waals surface area contributed by atoms with Crippen LogP contribution in [0.4, 0.5) is 0 Å². The van der Waals surface area contributed by atoms with Crippen molar-refractivity contribution in [2.75, 3.05) is 19.7 Å². The fourth-order valence-electron chi connectivity index (χ4n) is 1.82. The Morgan fingerprint density at radius 3 is 2.30 bits per heavy atom.